The molecule has 0 N–H and O–H groups in total. The van der Waals surface area contributed by atoms with E-state index in [1.165, 1.54) is 38.5 Å². The molecule has 0 saturated carbocycles. The Morgan fingerprint density at radius 3 is 2.58 bits per heavy atom. The van der Waals surface area contributed by atoms with Crippen molar-refractivity contribution in [1.29, 1.82) is 0 Å². The molecule has 1 unspecified atom stereocenters. The summed E-state index contributed by atoms with van der Waals surface area (Å²) in [5, 5.41) is 2.62. The van der Waals surface area contributed by atoms with Crippen LogP contribution in [0.4, 0.5) is 5.69 Å². The summed E-state index contributed by atoms with van der Waals surface area (Å²) in [6.45, 7) is 2.11. The zero-order chi connectivity index (χ0) is 17.5. The van der Waals surface area contributed by atoms with Crippen molar-refractivity contribution in [2.24, 2.45) is 0 Å². The number of nitrogens with zero attached hydrogens (tertiary/aromatic N) is 1. The SMILES string of the molecule is C[B]c1cccc2cccc([B]N3c4ccccc4C4=CC=CCC43)c12. The Hall–Kier alpha value is -2.67. The molecule has 1 nitrogen and oxygen atoms in total. The van der Waals surface area contributed by atoms with Gasteiger partial charge < -0.3 is 4.81 Å². The van der Waals surface area contributed by atoms with E-state index in [-0.39, 0.29) is 0 Å². The van der Waals surface area contributed by atoms with Gasteiger partial charge in [-0.1, -0.05) is 90.6 Å². The first-order chi connectivity index (χ1) is 12.9. The quantitative estimate of drug-likeness (QED) is 0.662. The molecule has 0 aromatic heterocycles. The van der Waals surface area contributed by atoms with Gasteiger partial charge in [0.1, 0.15) is 7.28 Å². The van der Waals surface area contributed by atoms with Crippen LogP contribution in [-0.4, -0.2) is 20.7 Å². The van der Waals surface area contributed by atoms with Crippen molar-refractivity contribution in [3.8, 4) is 0 Å². The summed E-state index contributed by atoms with van der Waals surface area (Å²) < 4.78 is 0. The fraction of sp³-hybridized carbons (Fsp3) is 0.130. The molecule has 0 saturated heterocycles. The lowest BCUT2D eigenvalue weighted by atomic mass is 9.66. The lowest BCUT2D eigenvalue weighted by molar-refractivity contribution is 0.863. The molecule has 3 heteroatoms. The minimum atomic E-state index is 0.394. The topological polar surface area (TPSA) is 3.24 Å². The second-order valence-corrected chi connectivity index (χ2v) is 6.94. The molecule has 0 bridgehead atoms. The van der Waals surface area contributed by atoms with Gasteiger partial charge in [0.15, 0.2) is 0 Å². The first-order valence-corrected chi connectivity index (χ1v) is 9.27. The molecule has 3 aromatic carbocycles. The van der Waals surface area contributed by atoms with E-state index in [0.29, 0.717) is 6.04 Å². The van der Waals surface area contributed by atoms with Gasteiger partial charge in [-0.25, -0.2) is 0 Å². The summed E-state index contributed by atoms with van der Waals surface area (Å²) in [6, 6.07) is 22.3. The van der Waals surface area contributed by atoms with Gasteiger partial charge in [-0.3, -0.25) is 0 Å². The van der Waals surface area contributed by atoms with Crippen LogP contribution in [0.15, 0.2) is 78.9 Å². The number of benzene rings is 3. The van der Waals surface area contributed by atoms with Gasteiger partial charge in [0.2, 0.25) is 0 Å². The lowest BCUT2D eigenvalue weighted by Gasteiger charge is -2.29. The van der Waals surface area contributed by atoms with Crippen molar-refractivity contribution in [2.75, 3.05) is 4.81 Å². The predicted octanol–water partition coefficient (Wildman–Crippen LogP) is 3.69. The largest absolute Gasteiger partial charge is 0.407 e. The van der Waals surface area contributed by atoms with Crippen molar-refractivity contribution in [2.45, 2.75) is 19.3 Å². The van der Waals surface area contributed by atoms with Crippen LogP contribution in [0.25, 0.3) is 16.3 Å². The lowest BCUT2D eigenvalue weighted by Crippen LogP contribution is -2.42. The Morgan fingerprint density at radius 1 is 0.923 bits per heavy atom. The molecule has 2 radical (unpaired) electrons. The maximum atomic E-state index is 2.46. The summed E-state index contributed by atoms with van der Waals surface area (Å²) in [5.41, 5.74) is 6.67. The second-order valence-electron chi connectivity index (χ2n) is 6.94. The minimum absolute atomic E-state index is 0.394. The van der Waals surface area contributed by atoms with Crippen molar-refractivity contribution < 1.29 is 0 Å². The van der Waals surface area contributed by atoms with E-state index in [2.05, 4.69) is 105 Å². The molecule has 1 aliphatic heterocycles. The summed E-state index contributed by atoms with van der Waals surface area (Å²) in [4.78, 5) is 2.46. The monoisotopic (exact) mass is 331 g/mol. The number of rotatable bonds is 3. The van der Waals surface area contributed by atoms with E-state index < -0.39 is 0 Å². The van der Waals surface area contributed by atoms with Crippen molar-refractivity contribution in [1.82, 2.24) is 0 Å². The predicted molar refractivity (Wildman–Crippen MR) is 115 cm³/mol. The third-order valence-electron chi connectivity index (χ3n) is 5.52. The van der Waals surface area contributed by atoms with E-state index in [0.717, 1.165) is 6.42 Å². The smallest absolute Gasteiger partial charge is 0.286 e. The third kappa shape index (κ3) is 2.34. The van der Waals surface area contributed by atoms with Crippen LogP contribution in [0.2, 0.25) is 6.82 Å². The van der Waals surface area contributed by atoms with Gasteiger partial charge in [0, 0.05) is 17.3 Å². The van der Waals surface area contributed by atoms with Crippen LogP contribution in [0.1, 0.15) is 12.0 Å². The summed E-state index contributed by atoms with van der Waals surface area (Å²) in [6.07, 6.45) is 7.78. The summed E-state index contributed by atoms with van der Waals surface area (Å²) in [5.74, 6) is 0. The zero-order valence-corrected chi connectivity index (χ0v) is 14.9. The van der Waals surface area contributed by atoms with E-state index in [1.807, 2.05) is 0 Å². The fourth-order valence-corrected chi connectivity index (χ4v) is 4.32. The molecule has 0 spiro atoms. The van der Waals surface area contributed by atoms with E-state index >= 15 is 0 Å². The van der Waals surface area contributed by atoms with E-state index in [9.17, 15) is 0 Å². The molecular weight excluding hydrogens is 312 g/mol. The molecule has 1 aliphatic carbocycles. The number of allylic oxidation sites excluding steroid dienone is 2. The highest BCUT2D eigenvalue weighted by Gasteiger charge is 2.34. The molecule has 122 valence electrons. The van der Waals surface area contributed by atoms with Crippen LogP contribution in [0.3, 0.4) is 0 Å². The van der Waals surface area contributed by atoms with Crippen LogP contribution in [-0.2, 0) is 0 Å². The molecule has 1 heterocycles. The van der Waals surface area contributed by atoms with Crippen molar-refractivity contribution in [3.63, 3.8) is 0 Å². The molecule has 1 atom stereocenters. The molecule has 0 fully saturated rings. The fourth-order valence-electron chi connectivity index (χ4n) is 4.32. The zero-order valence-electron chi connectivity index (χ0n) is 14.9. The van der Waals surface area contributed by atoms with Crippen molar-refractivity contribution in [3.05, 3.63) is 84.5 Å². The van der Waals surface area contributed by atoms with Crippen LogP contribution < -0.4 is 15.7 Å². The van der Waals surface area contributed by atoms with Gasteiger partial charge in [-0.05, 0) is 28.8 Å². The maximum absolute atomic E-state index is 2.46. The Kier molecular flexibility index (Phi) is 3.74. The van der Waals surface area contributed by atoms with Gasteiger partial charge in [-0.15, -0.1) is 0 Å². The standard InChI is InChI=1S/C23H19B2N/c1-24-19-12-6-8-16-9-7-13-20(23(16)19)25-26-21-14-4-2-10-17(21)18-11-3-5-15-22(18)26/h2-14,22H,15H2,1H3. The highest BCUT2D eigenvalue weighted by molar-refractivity contribution is 6.66. The maximum Gasteiger partial charge on any atom is 0.286 e. The van der Waals surface area contributed by atoms with Crippen LogP contribution >= 0.6 is 0 Å². The van der Waals surface area contributed by atoms with E-state index in [4.69, 9.17) is 0 Å². The number of para-hydroxylation sites is 1. The summed E-state index contributed by atoms with van der Waals surface area (Å²) >= 11 is 0. The van der Waals surface area contributed by atoms with Crippen LogP contribution in [0.5, 0.6) is 0 Å². The number of anilines is 1. The number of hydrogen-bond donors (Lipinski definition) is 0. The average Bonchev–Trinajstić information content (AvgIpc) is 3.02. The first kappa shape index (κ1) is 15.6. The van der Waals surface area contributed by atoms with Gasteiger partial charge >= 0.3 is 0 Å². The Bertz CT molecular complexity index is 1050. The summed E-state index contributed by atoms with van der Waals surface area (Å²) in [7, 11) is 4.55. The van der Waals surface area contributed by atoms with Crippen molar-refractivity contribution >= 4 is 47.7 Å². The molecule has 26 heavy (non-hydrogen) atoms. The third-order valence-corrected chi connectivity index (χ3v) is 5.52. The highest BCUT2D eigenvalue weighted by Crippen LogP contribution is 2.42. The Morgan fingerprint density at radius 2 is 1.73 bits per heavy atom. The highest BCUT2D eigenvalue weighted by atomic mass is 15.1. The van der Waals surface area contributed by atoms with E-state index in [1.54, 1.807) is 0 Å². The normalized spacial score (nSPS) is 17.7. The molecule has 3 aromatic rings. The Labute approximate surface area is 156 Å². The Balaban J connectivity index is 1.63. The first-order valence-electron chi connectivity index (χ1n) is 9.27. The van der Waals surface area contributed by atoms with Gasteiger partial charge in [0.05, 0.1) is 0 Å². The average molecular weight is 331 g/mol. The van der Waals surface area contributed by atoms with Gasteiger partial charge in [0.25, 0.3) is 7.41 Å². The molecular formula is C23H19B2N. The number of hydrogen-bond acceptors (Lipinski definition) is 1. The second kappa shape index (κ2) is 6.25. The molecule has 5 rings (SSSR count). The number of fused-ring (bicyclic) bond motifs is 4. The van der Waals surface area contributed by atoms with Crippen LogP contribution in [0, 0.1) is 0 Å². The minimum Gasteiger partial charge on any atom is -0.407 e. The molecule has 2 aliphatic rings. The van der Waals surface area contributed by atoms with Gasteiger partial charge in [-0.2, -0.15) is 0 Å². The molecule has 0 amide bonds.